The largest absolute Gasteiger partial charge is 0.457 e. The lowest BCUT2D eigenvalue weighted by Crippen LogP contribution is -2.09. The summed E-state index contributed by atoms with van der Waals surface area (Å²) in [6, 6.07) is 13.0. The Bertz CT molecular complexity index is 862. The first kappa shape index (κ1) is 17.9. The summed E-state index contributed by atoms with van der Waals surface area (Å²) in [7, 11) is 0. The van der Waals surface area contributed by atoms with Crippen LogP contribution in [0, 0.1) is 0 Å². The van der Waals surface area contributed by atoms with Gasteiger partial charge in [0.15, 0.2) is 0 Å². The molecule has 134 valence electrons. The number of aromatic nitrogens is 2. The number of ether oxygens (including phenoxy) is 1. The molecular weight excluding hydrogens is 328 g/mol. The fourth-order valence-electron chi connectivity index (χ4n) is 2.46. The number of hydrogen-bond donors (Lipinski definition) is 0. The summed E-state index contributed by atoms with van der Waals surface area (Å²) in [5.74, 6) is 2.34. The van der Waals surface area contributed by atoms with Crippen molar-refractivity contribution in [1.82, 2.24) is 10.1 Å². The normalized spacial score (nSPS) is 11.3. The lowest BCUT2D eigenvalue weighted by Gasteiger charge is -2.12. The summed E-state index contributed by atoms with van der Waals surface area (Å²) in [6.45, 7) is 6.15. The van der Waals surface area contributed by atoms with Gasteiger partial charge >= 0.3 is 0 Å². The smallest absolute Gasteiger partial charge is 0.143 e. The first-order valence-corrected chi connectivity index (χ1v) is 8.55. The lowest BCUT2D eigenvalue weighted by molar-refractivity contribution is -0.117. The third kappa shape index (κ3) is 4.79. The van der Waals surface area contributed by atoms with Crippen molar-refractivity contribution < 1.29 is 14.1 Å². The summed E-state index contributed by atoms with van der Waals surface area (Å²) in [6.07, 6.45) is 3.98. The van der Waals surface area contributed by atoms with Gasteiger partial charge in [-0.3, -0.25) is 9.78 Å². The minimum absolute atomic E-state index is 0.0987. The minimum Gasteiger partial charge on any atom is -0.457 e. The summed E-state index contributed by atoms with van der Waals surface area (Å²) in [5, 5.41) is 4.00. The molecule has 0 radical (unpaired) electrons. The number of rotatable bonds is 6. The highest BCUT2D eigenvalue weighted by Gasteiger charge is 2.20. The Morgan fingerprint density at radius 2 is 1.65 bits per heavy atom. The average Bonchev–Trinajstić information content (AvgIpc) is 3.06. The summed E-state index contributed by atoms with van der Waals surface area (Å²) < 4.78 is 11.1. The molecule has 26 heavy (non-hydrogen) atoms. The Hall–Kier alpha value is -2.95. The van der Waals surface area contributed by atoms with E-state index in [1.807, 2.05) is 30.3 Å². The van der Waals surface area contributed by atoms with Crippen molar-refractivity contribution in [3.63, 3.8) is 0 Å². The van der Waals surface area contributed by atoms with Crippen molar-refractivity contribution in [2.24, 2.45) is 0 Å². The zero-order chi connectivity index (χ0) is 18.6. The molecule has 5 nitrogen and oxygen atoms in total. The topological polar surface area (TPSA) is 65.2 Å². The number of nitrogens with zero attached hydrogens (tertiary/aromatic N) is 2. The zero-order valence-corrected chi connectivity index (χ0v) is 15.2. The van der Waals surface area contributed by atoms with Crippen LogP contribution in [-0.4, -0.2) is 15.9 Å². The predicted octanol–water partition coefficient (Wildman–Crippen LogP) is 4.51. The molecule has 0 unspecified atom stereocenters. The van der Waals surface area contributed by atoms with E-state index in [1.54, 1.807) is 24.5 Å². The summed E-state index contributed by atoms with van der Waals surface area (Å²) >= 11 is 0. The Kier molecular flexibility index (Phi) is 5.16. The van der Waals surface area contributed by atoms with Gasteiger partial charge in [0, 0.05) is 30.3 Å². The molecular formula is C21H22N2O3. The second-order valence-electron chi connectivity index (χ2n) is 7.25. The van der Waals surface area contributed by atoms with Crippen LogP contribution >= 0.6 is 0 Å². The molecule has 0 aliphatic rings. The van der Waals surface area contributed by atoms with E-state index in [-0.39, 0.29) is 17.6 Å². The van der Waals surface area contributed by atoms with Gasteiger partial charge in [-0.15, -0.1) is 0 Å². The fraction of sp³-hybridized carbons (Fsp3) is 0.286. The van der Waals surface area contributed by atoms with Gasteiger partial charge in [0.25, 0.3) is 0 Å². The molecule has 1 aromatic carbocycles. The second-order valence-corrected chi connectivity index (χ2v) is 7.25. The number of Topliss-reactive ketones (excluding diaryl/α,β-unsaturated/α-hetero) is 1. The van der Waals surface area contributed by atoms with Crippen LogP contribution in [-0.2, 0) is 23.1 Å². The van der Waals surface area contributed by atoms with Crippen LogP contribution in [0.1, 0.15) is 37.8 Å². The first-order valence-electron chi connectivity index (χ1n) is 8.55. The second kappa shape index (κ2) is 7.52. The molecule has 0 bridgehead atoms. The molecule has 2 heterocycles. The number of benzene rings is 1. The third-order valence-electron chi connectivity index (χ3n) is 3.89. The summed E-state index contributed by atoms with van der Waals surface area (Å²) in [5.41, 5.74) is 1.51. The molecule has 0 saturated carbocycles. The Balaban J connectivity index is 1.57. The van der Waals surface area contributed by atoms with Gasteiger partial charge in [-0.2, -0.15) is 0 Å². The van der Waals surface area contributed by atoms with Crippen molar-refractivity contribution in [2.45, 2.75) is 39.0 Å². The van der Waals surface area contributed by atoms with E-state index in [0.717, 1.165) is 22.8 Å². The Labute approximate surface area is 153 Å². The highest BCUT2D eigenvalue weighted by Crippen LogP contribution is 2.23. The Morgan fingerprint density at radius 3 is 2.27 bits per heavy atom. The predicted molar refractivity (Wildman–Crippen MR) is 98.4 cm³/mol. The summed E-state index contributed by atoms with van der Waals surface area (Å²) in [4.78, 5) is 16.3. The van der Waals surface area contributed by atoms with E-state index >= 15 is 0 Å². The number of hydrogen-bond acceptors (Lipinski definition) is 5. The van der Waals surface area contributed by atoms with Gasteiger partial charge in [0.1, 0.15) is 23.0 Å². The maximum absolute atomic E-state index is 12.3. The van der Waals surface area contributed by atoms with Crippen LogP contribution in [0.5, 0.6) is 11.5 Å². The third-order valence-corrected chi connectivity index (χ3v) is 3.89. The van der Waals surface area contributed by atoms with Crippen LogP contribution in [0.4, 0.5) is 0 Å². The van der Waals surface area contributed by atoms with E-state index in [0.29, 0.717) is 12.1 Å². The SMILES string of the molecule is CC(C)(C)c1cc(CC(=O)Cc2ccc(Oc3ccncc3)cc2)no1. The number of pyridine rings is 1. The van der Waals surface area contributed by atoms with Crippen molar-refractivity contribution in [3.05, 3.63) is 71.9 Å². The standard InChI is InChI=1S/C21H22N2O3/c1-21(2,3)20-14-16(23-26-20)13-17(24)12-15-4-6-18(7-5-15)25-19-8-10-22-11-9-19/h4-11,14H,12-13H2,1-3H3. The van der Waals surface area contributed by atoms with Gasteiger partial charge in [0.2, 0.25) is 0 Å². The van der Waals surface area contributed by atoms with Gasteiger partial charge in [0.05, 0.1) is 12.1 Å². The monoisotopic (exact) mass is 350 g/mol. The molecule has 0 aliphatic heterocycles. The Morgan fingerprint density at radius 1 is 1.00 bits per heavy atom. The molecule has 5 heteroatoms. The maximum atomic E-state index is 12.3. The molecule has 3 aromatic rings. The van der Waals surface area contributed by atoms with Crippen LogP contribution < -0.4 is 4.74 Å². The molecule has 0 atom stereocenters. The molecule has 0 N–H and O–H groups in total. The van der Waals surface area contributed by atoms with E-state index in [1.165, 1.54) is 0 Å². The van der Waals surface area contributed by atoms with E-state index in [9.17, 15) is 4.79 Å². The van der Waals surface area contributed by atoms with Crippen molar-refractivity contribution in [1.29, 1.82) is 0 Å². The highest BCUT2D eigenvalue weighted by molar-refractivity contribution is 5.82. The molecule has 0 aliphatic carbocycles. The van der Waals surface area contributed by atoms with Gasteiger partial charge in [-0.25, -0.2) is 0 Å². The minimum atomic E-state index is -0.112. The van der Waals surface area contributed by atoms with Crippen LogP contribution in [0.2, 0.25) is 0 Å². The number of carbonyl (C=O) groups excluding carboxylic acids is 1. The molecule has 0 amide bonds. The van der Waals surface area contributed by atoms with Gasteiger partial charge in [-0.1, -0.05) is 38.1 Å². The molecule has 3 rings (SSSR count). The van der Waals surface area contributed by atoms with Crippen LogP contribution in [0.15, 0.2) is 59.4 Å². The zero-order valence-electron chi connectivity index (χ0n) is 15.2. The maximum Gasteiger partial charge on any atom is 0.143 e. The molecule has 0 saturated heterocycles. The molecule has 2 aromatic heterocycles. The van der Waals surface area contributed by atoms with Crippen molar-refractivity contribution >= 4 is 5.78 Å². The van der Waals surface area contributed by atoms with E-state index in [4.69, 9.17) is 9.26 Å². The average molecular weight is 350 g/mol. The van der Waals surface area contributed by atoms with Crippen molar-refractivity contribution in [3.8, 4) is 11.5 Å². The van der Waals surface area contributed by atoms with E-state index < -0.39 is 0 Å². The fourth-order valence-corrected chi connectivity index (χ4v) is 2.46. The van der Waals surface area contributed by atoms with E-state index in [2.05, 4.69) is 30.9 Å². The quantitative estimate of drug-likeness (QED) is 0.654. The molecule has 0 fully saturated rings. The van der Waals surface area contributed by atoms with Gasteiger partial charge < -0.3 is 9.26 Å². The number of ketones is 1. The van der Waals surface area contributed by atoms with Crippen molar-refractivity contribution in [2.75, 3.05) is 0 Å². The van der Waals surface area contributed by atoms with Gasteiger partial charge in [-0.05, 0) is 29.8 Å². The van der Waals surface area contributed by atoms with Crippen LogP contribution in [0.25, 0.3) is 0 Å². The lowest BCUT2D eigenvalue weighted by atomic mass is 9.93. The first-order chi connectivity index (χ1) is 12.4. The van der Waals surface area contributed by atoms with Crippen LogP contribution in [0.3, 0.4) is 0 Å². The molecule has 0 spiro atoms. The number of carbonyl (C=O) groups is 1. The highest BCUT2D eigenvalue weighted by atomic mass is 16.5.